The molecule has 1 aromatic carbocycles. The van der Waals surface area contributed by atoms with E-state index >= 15 is 0 Å². The van der Waals surface area contributed by atoms with E-state index in [0.717, 1.165) is 27.7 Å². The number of carbonyl (C=O) groups is 1. The third kappa shape index (κ3) is 3.63. The molecule has 0 fully saturated rings. The maximum Gasteiger partial charge on any atom is 0.261 e. The quantitative estimate of drug-likeness (QED) is 0.473. The highest BCUT2D eigenvalue weighted by atomic mass is 32.1. The van der Waals surface area contributed by atoms with Crippen LogP contribution in [0.4, 0.5) is 0 Å². The van der Waals surface area contributed by atoms with Crippen molar-refractivity contribution in [2.45, 2.75) is 12.5 Å². The number of nitrogens with one attached hydrogen (secondary N) is 2. The van der Waals surface area contributed by atoms with Crippen LogP contribution < -0.4 is 11.1 Å². The number of fused-ring (bicyclic) bond motifs is 1. The van der Waals surface area contributed by atoms with Gasteiger partial charge in [0.1, 0.15) is 5.65 Å². The van der Waals surface area contributed by atoms with Crippen LogP contribution in [0.2, 0.25) is 0 Å². The maximum atomic E-state index is 12.8. The lowest BCUT2D eigenvalue weighted by Gasteiger charge is -2.18. The number of aromatic amines is 1. The fraction of sp³-hybridized carbons (Fsp3) is 0.143. The van der Waals surface area contributed by atoms with Crippen molar-refractivity contribution < 1.29 is 4.79 Å². The van der Waals surface area contributed by atoms with Crippen molar-refractivity contribution >= 4 is 28.3 Å². The molecule has 4 aromatic rings. The Hall–Kier alpha value is -2.96. The fourth-order valence-corrected chi connectivity index (χ4v) is 4.02. The lowest BCUT2D eigenvalue weighted by atomic mass is 10.0. The van der Waals surface area contributed by atoms with E-state index in [-0.39, 0.29) is 11.9 Å². The van der Waals surface area contributed by atoms with Crippen LogP contribution in [0.5, 0.6) is 0 Å². The highest BCUT2D eigenvalue weighted by molar-refractivity contribution is 7.12. The lowest BCUT2D eigenvalue weighted by molar-refractivity contribution is 0.0939. The Morgan fingerprint density at radius 2 is 2.07 bits per heavy atom. The normalized spacial score (nSPS) is 12.2. The van der Waals surface area contributed by atoms with Gasteiger partial charge in [0.15, 0.2) is 0 Å². The summed E-state index contributed by atoms with van der Waals surface area (Å²) >= 11 is 1.45. The highest BCUT2D eigenvalue weighted by Gasteiger charge is 2.17. The predicted molar refractivity (Wildman–Crippen MR) is 110 cm³/mol. The number of thiophene rings is 1. The second-order valence-corrected chi connectivity index (χ2v) is 7.22. The molecule has 4 rings (SSSR count). The maximum absolute atomic E-state index is 12.8. The van der Waals surface area contributed by atoms with Crippen molar-refractivity contribution in [3.8, 4) is 11.1 Å². The lowest BCUT2D eigenvalue weighted by Crippen LogP contribution is -2.29. The van der Waals surface area contributed by atoms with Gasteiger partial charge in [0.2, 0.25) is 0 Å². The van der Waals surface area contributed by atoms with Gasteiger partial charge in [0.25, 0.3) is 5.91 Å². The Morgan fingerprint density at radius 3 is 2.89 bits per heavy atom. The number of amides is 1. The van der Waals surface area contributed by atoms with Gasteiger partial charge in [-0.15, -0.1) is 11.3 Å². The Balaban J connectivity index is 1.57. The van der Waals surface area contributed by atoms with Crippen LogP contribution in [-0.2, 0) is 0 Å². The van der Waals surface area contributed by atoms with Gasteiger partial charge in [-0.1, -0.05) is 30.3 Å². The molecule has 0 aliphatic carbocycles. The summed E-state index contributed by atoms with van der Waals surface area (Å²) in [6.45, 7) is 0.512. The summed E-state index contributed by atoms with van der Waals surface area (Å²) < 4.78 is 0. The highest BCUT2D eigenvalue weighted by Crippen LogP contribution is 2.31. The molecule has 0 aliphatic rings. The van der Waals surface area contributed by atoms with E-state index in [1.807, 2.05) is 60.1 Å². The number of hydrogen-bond acceptors (Lipinski definition) is 4. The summed E-state index contributed by atoms with van der Waals surface area (Å²) in [4.78, 5) is 20.9. The summed E-state index contributed by atoms with van der Waals surface area (Å²) in [5.74, 6) is -0.0760. The van der Waals surface area contributed by atoms with Crippen LogP contribution in [-0.4, -0.2) is 22.4 Å². The summed E-state index contributed by atoms with van der Waals surface area (Å²) in [6.07, 6.45) is 4.35. The number of hydrogen-bond donors (Lipinski definition) is 3. The van der Waals surface area contributed by atoms with Gasteiger partial charge in [-0.05, 0) is 53.2 Å². The number of H-pyrrole nitrogens is 1. The molecule has 0 spiro atoms. The van der Waals surface area contributed by atoms with Crippen LogP contribution in [0.3, 0.4) is 0 Å². The molecule has 3 aromatic heterocycles. The molecule has 0 saturated heterocycles. The smallest absolute Gasteiger partial charge is 0.261 e. The second-order valence-electron chi connectivity index (χ2n) is 6.31. The molecule has 6 heteroatoms. The second kappa shape index (κ2) is 7.73. The summed E-state index contributed by atoms with van der Waals surface area (Å²) in [5, 5.41) is 6.18. The predicted octanol–water partition coefficient (Wildman–Crippen LogP) is 4.11. The fourth-order valence-electron chi connectivity index (χ4n) is 3.21. The van der Waals surface area contributed by atoms with Crippen LogP contribution in [0.1, 0.15) is 27.7 Å². The zero-order valence-corrected chi connectivity index (χ0v) is 15.5. The van der Waals surface area contributed by atoms with E-state index < -0.39 is 0 Å². The molecule has 0 bridgehead atoms. The molecule has 1 atom stereocenters. The van der Waals surface area contributed by atoms with Crippen LogP contribution in [0.25, 0.3) is 22.2 Å². The largest absolute Gasteiger partial charge is 0.346 e. The molecule has 3 heterocycles. The average molecular weight is 376 g/mol. The van der Waals surface area contributed by atoms with Gasteiger partial charge < -0.3 is 16.0 Å². The Labute approximate surface area is 161 Å². The molecule has 1 amide bonds. The molecular formula is C21H20N4OS. The van der Waals surface area contributed by atoms with Crippen molar-refractivity contribution in [2.24, 2.45) is 5.73 Å². The number of nitrogens with two attached hydrogens (primary N) is 1. The molecule has 0 saturated carbocycles. The zero-order valence-electron chi connectivity index (χ0n) is 14.7. The minimum absolute atomic E-state index is 0.0760. The molecule has 27 heavy (non-hydrogen) atoms. The minimum atomic E-state index is -0.0912. The van der Waals surface area contributed by atoms with E-state index in [2.05, 4.69) is 15.3 Å². The summed E-state index contributed by atoms with van der Waals surface area (Å²) in [6, 6.07) is 15.8. The molecule has 1 unspecified atom stereocenters. The van der Waals surface area contributed by atoms with Gasteiger partial charge in [0.05, 0.1) is 10.9 Å². The molecule has 5 nitrogen and oxygen atoms in total. The van der Waals surface area contributed by atoms with Crippen molar-refractivity contribution in [1.82, 2.24) is 15.3 Å². The van der Waals surface area contributed by atoms with E-state index in [0.29, 0.717) is 17.8 Å². The van der Waals surface area contributed by atoms with Gasteiger partial charge in [-0.25, -0.2) is 4.98 Å². The van der Waals surface area contributed by atoms with E-state index in [1.54, 1.807) is 6.20 Å². The SMILES string of the molecule is NCCC(NC(=O)c1cc(-c2ccnc3[nH]ccc23)cs1)c1ccccc1. The Morgan fingerprint density at radius 1 is 1.22 bits per heavy atom. The van der Waals surface area contributed by atoms with Crippen molar-refractivity contribution in [2.75, 3.05) is 6.54 Å². The first-order valence-electron chi connectivity index (χ1n) is 8.83. The first kappa shape index (κ1) is 17.5. The molecule has 0 aliphatic heterocycles. The van der Waals surface area contributed by atoms with Gasteiger partial charge >= 0.3 is 0 Å². The third-order valence-electron chi connectivity index (χ3n) is 4.56. The summed E-state index contributed by atoms with van der Waals surface area (Å²) in [7, 11) is 0. The molecule has 4 N–H and O–H groups in total. The molecular weight excluding hydrogens is 356 g/mol. The van der Waals surface area contributed by atoms with Crippen molar-refractivity contribution in [3.63, 3.8) is 0 Å². The Bertz CT molecular complexity index is 1050. The van der Waals surface area contributed by atoms with Crippen LogP contribution in [0, 0.1) is 0 Å². The van der Waals surface area contributed by atoms with Crippen molar-refractivity contribution in [1.29, 1.82) is 0 Å². The van der Waals surface area contributed by atoms with Gasteiger partial charge in [0, 0.05) is 17.8 Å². The van der Waals surface area contributed by atoms with Crippen molar-refractivity contribution in [3.05, 3.63) is 76.7 Å². The molecule has 136 valence electrons. The Kier molecular flexibility index (Phi) is 5.00. The first-order chi connectivity index (χ1) is 13.3. The third-order valence-corrected chi connectivity index (χ3v) is 5.49. The zero-order chi connectivity index (χ0) is 18.6. The number of aromatic nitrogens is 2. The van der Waals surface area contributed by atoms with Gasteiger partial charge in [-0.2, -0.15) is 0 Å². The standard InChI is InChI=1S/C21H20N4OS/c22-9-6-18(14-4-2-1-3-5-14)25-21(26)19-12-15(13-27-19)16-7-10-23-20-17(16)8-11-24-20/h1-5,7-8,10-13,18H,6,9,22H2,(H,23,24)(H,25,26). The van der Waals surface area contributed by atoms with E-state index in [1.165, 1.54) is 11.3 Å². The first-order valence-corrected chi connectivity index (χ1v) is 9.71. The number of pyridine rings is 1. The number of rotatable bonds is 6. The van der Waals surface area contributed by atoms with E-state index in [9.17, 15) is 4.79 Å². The van der Waals surface area contributed by atoms with Gasteiger partial charge in [-0.3, -0.25) is 4.79 Å². The summed E-state index contributed by atoms with van der Waals surface area (Å²) in [5.41, 5.74) is 9.74. The van der Waals surface area contributed by atoms with Crippen LogP contribution >= 0.6 is 11.3 Å². The minimum Gasteiger partial charge on any atom is -0.346 e. The average Bonchev–Trinajstić information content (AvgIpc) is 3.37. The number of benzene rings is 1. The monoisotopic (exact) mass is 376 g/mol. The number of carbonyl (C=O) groups excluding carboxylic acids is 1. The molecule has 0 radical (unpaired) electrons. The topological polar surface area (TPSA) is 83.8 Å². The van der Waals surface area contributed by atoms with Crippen LogP contribution in [0.15, 0.2) is 66.3 Å². The van der Waals surface area contributed by atoms with E-state index in [4.69, 9.17) is 5.73 Å². The number of nitrogens with zero attached hydrogens (tertiary/aromatic N) is 1.